The Balaban J connectivity index is 1.58. The number of amides is 1. The molecule has 1 N–H and O–H groups in total. The van der Waals surface area contributed by atoms with E-state index in [2.05, 4.69) is 28.2 Å². The van der Waals surface area contributed by atoms with Crippen LogP contribution in [0.2, 0.25) is 0 Å². The minimum Gasteiger partial charge on any atom is -0.497 e. The van der Waals surface area contributed by atoms with Gasteiger partial charge in [0.25, 0.3) is 5.91 Å². The number of ether oxygens (including phenoxy) is 1. The zero-order chi connectivity index (χ0) is 25.5. The summed E-state index contributed by atoms with van der Waals surface area (Å²) in [6, 6.07) is 22.2. The zero-order valence-corrected chi connectivity index (χ0v) is 20.9. The van der Waals surface area contributed by atoms with Gasteiger partial charge in [-0.1, -0.05) is 29.8 Å². The zero-order valence-electron chi connectivity index (χ0n) is 20.9. The van der Waals surface area contributed by atoms with E-state index < -0.39 is 0 Å². The first-order valence-electron chi connectivity index (χ1n) is 12.6. The molecule has 0 saturated carbocycles. The first kappa shape index (κ1) is 23.1. The number of nitrogens with one attached hydrogen (secondary N) is 1. The molecule has 6 rings (SSSR count). The Labute approximate surface area is 215 Å². The minimum atomic E-state index is -0.296. The van der Waals surface area contributed by atoms with Crippen LogP contribution >= 0.6 is 0 Å². The number of aromatic nitrogens is 2. The first-order valence-corrected chi connectivity index (χ1v) is 12.6. The Hall–Kier alpha value is -4.32. The molecule has 5 aromatic rings. The van der Waals surface area contributed by atoms with Crippen LogP contribution in [0.4, 0.5) is 10.1 Å². The smallest absolute Gasteiger partial charge is 0.273 e. The lowest BCUT2D eigenvalue weighted by Gasteiger charge is -2.11. The number of anilines is 1. The SMILES string of the molecule is COc1ccc(-c2cn3c(C(=O)Nc4ccc(C)cc4)c(-c4ccc(F)cc4)c4c3n2CCCC4)cc1. The third-order valence-corrected chi connectivity index (χ3v) is 7.18. The Kier molecular flexibility index (Phi) is 5.80. The number of carbonyl (C=O) groups excluding carboxylic acids is 1. The van der Waals surface area contributed by atoms with Gasteiger partial charge < -0.3 is 14.6 Å². The molecule has 0 bridgehead atoms. The van der Waals surface area contributed by atoms with Crippen LogP contribution < -0.4 is 10.1 Å². The fourth-order valence-electron chi connectivity index (χ4n) is 5.36. The van der Waals surface area contributed by atoms with E-state index in [0.29, 0.717) is 5.69 Å². The van der Waals surface area contributed by atoms with Crippen molar-refractivity contribution in [3.05, 3.63) is 102 Å². The number of rotatable bonds is 5. The van der Waals surface area contributed by atoms with Crippen LogP contribution in [0.15, 0.2) is 79.0 Å². The van der Waals surface area contributed by atoms with Gasteiger partial charge in [0.05, 0.1) is 12.8 Å². The summed E-state index contributed by atoms with van der Waals surface area (Å²) in [6.45, 7) is 2.87. The molecule has 5 nitrogen and oxygen atoms in total. The minimum absolute atomic E-state index is 0.191. The van der Waals surface area contributed by atoms with E-state index in [1.54, 1.807) is 19.2 Å². The monoisotopic (exact) mass is 493 g/mol. The summed E-state index contributed by atoms with van der Waals surface area (Å²) >= 11 is 0. The highest BCUT2D eigenvalue weighted by atomic mass is 19.1. The van der Waals surface area contributed by atoms with Crippen molar-refractivity contribution in [2.75, 3.05) is 12.4 Å². The summed E-state index contributed by atoms with van der Waals surface area (Å²) in [5.74, 6) is 0.314. The van der Waals surface area contributed by atoms with Gasteiger partial charge in [0.2, 0.25) is 0 Å². The molecule has 0 atom stereocenters. The fourth-order valence-corrected chi connectivity index (χ4v) is 5.36. The van der Waals surface area contributed by atoms with E-state index in [-0.39, 0.29) is 11.7 Å². The molecule has 3 aromatic carbocycles. The van der Waals surface area contributed by atoms with Crippen molar-refractivity contribution in [2.24, 2.45) is 0 Å². The van der Waals surface area contributed by atoms with Gasteiger partial charge in [-0.15, -0.1) is 0 Å². The van der Waals surface area contributed by atoms with Crippen LogP contribution in [0.3, 0.4) is 0 Å². The number of nitrogens with zero attached hydrogens (tertiary/aromatic N) is 2. The topological polar surface area (TPSA) is 47.7 Å². The molecule has 6 heteroatoms. The van der Waals surface area contributed by atoms with Crippen molar-refractivity contribution in [1.82, 2.24) is 8.97 Å². The molecule has 0 unspecified atom stereocenters. The molecule has 0 radical (unpaired) electrons. The standard InChI is InChI=1S/C31H28FN3O2/c1-20-6-14-24(15-7-20)33-30(36)29-28(22-8-12-23(32)13-9-22)26-5-3-4-18-34-27(19-35(29)31(26)34)21-10-16-25(37-2)17-11-21/h6-17,19H,3-5,18H2,1-2H3,(H,33,36). The summed E-state index contributed by atoms with van der Waals surface area (Å²) in [5, 5.41) is 3.10. The molecule has 37 heavy (non-hydrogen) atoms. The van der Waals surface area contributed by atoms with Gasteiger partial charge in [0.15, 0.2) is 0 Å². The average molecular weight is 494 g/mol. The molecule has 0 fully saturated rings. The molecule has 1 amide bonds. The van der Waals surface area contributed by atoms with Crippen molar-refractivity contribution < 1.29 is 13.9 Å². The Morgan fingerprint density at radius 1 is 0.919 bits per heavy atom. The normalized spacial score (nSPS) is 12.9. The highest BCUT2D eigenvalue weighted by Gasteiger charge is 2.29. The molecule has 0 spiro atoms. The predicted octanol–water partition coefficient (Wildman–Crippen LogP) is 7.12. The van der Waals surface area contributed by atoms with Gasteiger partial charge in [-0.2, -0.15) is 0 Å². The molecule has 186 valence electrons. The lowest BCUT2D eigenvalue weighted by molar-refractivity contribution is 0.102. The average Bonchev–Trinajstić information content (AvgIpc) is 3.33. The first-order chi connectivity index (χ1) is 18.0. The third kappa shape index (κ3) is 4.08. The molecule has 1 aliphatic rings. The van der Waals surface area contributed by atoms with Crippen LogP contribution in [0.25, 0.3) is 28.0 Å². The van der Waals surface area contributed by atoms with Crippen molar-refractivity contribution in [1.29, 1.82) is 0 Å². The van der Waals surface area contributed by atoms with Gasteiger partial charge in [-0.05, 0) is 85.8 Å². The van der Waals surface area contributed by atoms with Crippen LogP contribution in [-0.2, 0) is 13.0 Å². The Morgan fingerprint density at radius 2 is 1.62 bits per heavy atom. The molecular weight excluding hydrogens is 465 g/mol. The quantitative estimate of drug-likeness (QED) is 0.283. The summed E-state index contributed by atoms with van der Waals surface area (Å²) < 4.78 is 23.5. The number of halogens is 1. The lowest BCUT2D eigenvalue weighted by Crippen LogP contribution is -2.15. The largest absolute Gasteiger partial charge is 0.497 e. The molecular formula is C31H28FN3O2. The third-order valence-electron chi connectivity index (χ3n) is 7.18. The van der Waals surface area contributed by atoms with E-state index in [1.807, 2.05) is 47.7 Å². The Bertz CT molecular complexity index is 1590. The number of benzene rings is 3. The fraction of sp³-hybridized carbons (Fsp3) is 0.194. The summed E-state index contributed by atoms with van der Waals surface area (Å²) in [7, 11) is 1.66. The van der Waals surface area contributed by atoms with Crippen LogP contribution in [0, 0.1) is 12.7 Å². The van der Waals surface area contributed by atoms with Crippen molar-refractivity contribution in [2.45, 2.75) is 32.7 Å². The summed E-state index contributed by atoms with van der Waals surface area (Å²) in [5.41, 5.74) is 8.40. The number of hydrogen-bond donors (Lipinski definition) is 1. The highest BCUT2D eigenvalue weighted by molar-refractivity contribution is 6.10. The second-order valence-electron chi connectivity index (χ2n) is 9.57. The van der Waals surface area contributed by atoms with Crippen LogP contribution in [0.5, 0.6) is 5.75 Å². The van der Waals surface area contributed by atoms with Gasteiger partial charge in [0, 0.05) is 29.6 Å². The van der Waals surface area contributed by atoms with Crippen molar-refractivity contribution in [3.8, 4) is 28.1 Å². The van der Waals surface area contributed by atoms with E-state index >= 15 is 0 Å². The van der Waals surface area contributed by atoms with E-state index in [4.69, 9.17) is 4.74 Å². The van der Waals surface area contributed by atoms with Gasteiger partial charge >= 0.3 is 0 Å². The number of hydrogen-bond acceptors (Lipinski definition) is 2. The van der Waals surface area contributed by atoms with E-state index in [0.717, 1.165) is 76.4 Å². The number of methoxy groups -OCH3 is 1. The second kappa shape index (κ2) is 9.28. The van der Waals surface area contributed by atoms with Crippen molar-refractivity contribution >= 4 is 17.2 Å². The second-order valence-corrected chi connectivity index (χ2v) is 9.57. The van der Waals surface area contributed by atoms with Gasteiger partial charge in [-0.3, -0.25) is 9.20 Å². The van der Waals surface area contributed by atoms with Crippen LogP contribution in [0.1, 0.15) is 34.5 Å². The molecule has 0 saturated heterocycles. The van der Waals surface area contributed by atoms with Gasteiger partial charge in [-0.25, -0.2) is 4.39 Å². The molecule has 1 aliphatic heterocycles. The maximum atomic E-state index is 13.9. The highest BCUT2D eigenvalue weighted by Crippen LogP contribution is 2.40. The number of imidazole rings is 1. The van der Waals surface area contributed by atoms with Gasteiger partial charge in [0.1, 0.15) is 22.9 Å². The maximum absolute atomic E-state index is 13.9. The molecule has 0 aliphatic carbocycles. The van der Waals surface area contributed by atoms with Crippen molar-refractivity contribution in [3.63, 3.8) is 0 Å². The van der Waals surface area contributed by atoms with E-state index in [1.165, 1.54) is 12.1 Å². The summed E-state index contributed by atoms with van der Waals surface area (Å²) in [4.78, 5) is 13.9. The number of aryl methyl sites for hydroxylation is 3. The summed E-state index contributed by atoms with van der Waals surface area (Å²) in [6.07, 6.45) is 4.95. The van der Waals surface area contributed by atoms with Crippen LogP contribution in [-0.4, -0.2) is 22.0 Å². The molecule has 2 aromatic heterocycles. The Morgan fingerprint density at radius 3 is 2.32 bits per heavy atom. The molecule has 3 heterocycles. The maximum Gasteiger partial charge on any atom is 0.273 e. The predicted molar refractivity (Wildman–Crippen MR) is 145 cm³/mol. The van der Waals surface area contributed by atoms with E-state index in [9.17, 15) is 9.18 Å². The number of carbonyl (C=O) groups is 1. The lowest BCUT2D eigenvalue weighted by atomic mass is 9.97.